The lowest BCUT2D eigenvalue weighted by atomic mass is 10.0. The molecule has 0 atom stereocenters. The smallest absolute Gasteiger partial charge is 0.256 e. The average molecular weight is 359 g/mol. The third kappa shape index (κ3) is 4.15. The van der Waals surface area contributed by atoms with Crippen LogP contribution in [0.1, 0.15) is 10.4 Å². The maximum Gasteiger partial charge on any atom is 0.256 e. The number of carbonyl (C=O) groups excluding carboxylic acids is 1. The number of anilines is 2. The molecule has 2 aromatic carbocycles. The predicted octanol–water partition coefficient (Wildman–Crippen LogP) is 3.84. The van der Waals surface area contributed by atoms with Gasteiger partial charge in [-0.25, -0.2) is 4.98 Å². The van der Waals surface area contributed by atoms with Crippen molar-refractivity contribution in [1.82, 2.24) is 4.98 Å². The first-order valence-electron chi connectivity index (χ1n) is 9.05. The molecule has 1 aliphatic heterocycles. The third-order valence-electron chi connectivity index (χ3n) is 4.62. The van der Waals surface area contributed by atoms with Crippen LogP contribution in [0.5, 0.6) is 0 Å². The summed E-state index contributed by atoms with van der Waals surface area (Å²) in [5.41, 5.74) is 3.86. The highest BCUT2D eigenvalue weighted by Gasteiger charge is 2.12. The van der Waals surface area contributed by atoms with E-state index in [1.165, 1.54) is 0 Å². The fourth-order valence-corrected chi connectivity index (χ4v) is 3.10. The largest absolute Gasteiger partial charge is 0.378 e. The molecule has 0 spiro atoms. The Balaban J connectivity index is 1.41. The first-order valence-corrected chi connectivity index (χ1v) is 9.05. The van der Waals surface area contributed by atoms with Gasteiger partial charge in [0.15, 0.2) is 0 Å². The van der Waals surface area contributed by atoms with Crippen LogP contribution in [-0.2, 0) is 4.74 Å². The SMILES string of the molecule is O=C(Nc1ccc(N2CCOCC2)cn1)c1ccc(-c2ccccc2)cc1. The van der Waals surface area contributed by atoms with E-state index in [-0.39, 0.29) is 5.91 Å². The number of benzene rings is 2. The lowest BCUT2D eigenvalue weighted by Gasteiger charge is -2.28. The number of hydrogen-bond acceptors (Lipinski definition) is 4. The van der Waals surface area contributed by atoms with Crippen LogP contribution in [0, 0.1) is 0 Å². The van der Waals surface area contributed by atoms with Crippen molar-refractivity contribution in [3.63, 3.8) is 0 Å². The Labute approximate surface area is 158 Å². The Morgan fingerprint density at radius 2 is 1.59 bits per heavy atom. The second-order valence-corrected chi connectivity index (χ2v) is 6.40. The quantitative estimate of drug-likeness (QED) is 0.769. The minimum atomic E-state index is -0.166. The summed E-state index contributed by atoms with van der Waals surface area (Å²) in [5.74, 6) is 0.380. The van der Waals surface area contributed by atoms with E-state index in [1.807, 2.05) is 54.6 Å². The lowest BCUT2D eigenvalue weighted by Crippen LogP contribution is -2.36. The molecule has 0 bridgehead atoms. The van der Waals surface area contributed by atoms with Gasteiger partial charge in [0.1, 0.15) is 5.82 Å². The van der Waals surface area contributed by atoms with Crippen molar-refractivity contribution in [3.8, 4) is 11.1 Å². The third-order valence-corrected chi connectivity index (χ3v) is 4.62. The van der Waals surface area contributed by atoms with Crippen LogP contribution in [-0.4, -0.2) is 37.2 Å². The molecule has 0 aliphatic carbocycles. The van der Waals surface area contributed by atoms with E-state index in [0.717, 1.165) is 43.1 Å². The van der Waals surface area contributed by atoms with E-state index in [0.29, 0.717) is 11.4 Å². The summed E-state index contributed by atoms with van der Waals surface area (Å²) in [6.07, 6.45) is 1.79. The molecule has 1 saturated heterocycles. The molecule has 3 aromatic rings. The molecule has 1 aromatic heterocycles. The molecule has 4 rings (SSSR count). The molecule has 0 unspecified atom stereocenters. The van der Waals surface area contributed by atoms with Crippen LogP contribution in [0.3, 0.4) is 0 Å². The average Bonchev–Trinajstić information content (AvgIpc) is 2.76. The zero-order chi connectivity index (χ0) is 18.5. The van der Waals surface area contributed by atoms with Crippen molar-refractivity contribution in [2.75, 3.05) is 36.5 Å². The van der Waals surface area contributed by atoms with Gasteiger partial charge in [-0.05, 0) is 35.4 Å². The van der Waals surface area contributed by atoms with E-state index in [1.54, 1.807) is 6.20 Å². The Bertz CT molecular complexity index is 887. The van der Waals surface area contributed by atoms with Gasteiger partial charge in [0.2, 0.25) is 0 Å². The molecule has 5 heteroatoms. The Morgan fingerprint density at radius 1 is 0.889 bits per heavy atom. The van der Waals surface area contributed by atoms with Crippen molar-refractivity contribution in [2.24, 2.45) is 0 Å². The molecule has 1 N–H and O–H groups in total. The van der Waals surface area contributed by atoms with Gasteiger partial charge >= 0.3 is 0 Å². The van der Waals surface area contributed by atoms with Crippen molar-refractivity contribution >= 4 is 17.4 Å². The summed E-state index contributed by atoms with van der Waals surface area (Å²) in [4.78, 5) is 19.1. The molecule has 136 valence electrons. The summed E-state index contributed by atoms with van der Waals surface area (Å²) in [5, 5.41) is 2.85. The van der Waals surface area contributed by atoms with Crippen LogP contribution in [0.2, 0.25) is 0 Å². The minimum Gasteiger partial charge on any atom is -0.378 e. The highest BCUT2D eigenvalue weighted by atomic mass is 16.5. The first kappa shape index (κ1) is 17.2. The summed E-state index contributed by atoms with van der Waals surface area (Å²) >= 11 is 0. The van der Waals surface area contributed by atoms with Gasteiger partial charge in [-0.15, -0.1) is 0 Å². The molecular formula is C22H21N3O2. The number of ether oxygens (including phenoxy) is 1. The van der Waals surface area contributed by atoms with Gasteiger partial charge in [-0.3, -0.25) is 4.79 Å². The number of hydrogen-bond donors (Lipinski definition) is 1. The molecule has 5 nitrogen and oxygen atoms in total. The topological polar surface area (TPSA) is 54.5 Å². The fourth-order valence-electron chi connectivity index (χ4n) is 3.10. The number of amides is 1. The van der Waals surface area contributed by atoms with Gasteiger partial charge < -0.3 is 15.0 Å². The number of nitrogens with one attached hydrogen (secondary N) is 1. The molecule has 1 fully saturated rings. The van der Waals surface area contributed by atoms with Gasteiger partial charge in [0, 0.05) is 18.7 Å². The lowest BCUT2D eigenvalue weighted by molar-refractivity contribution is 0.102. The van der Waals surface area contributed by atoms with Crippen LogP contribution in [0.4, 0.5) is 11.5 Å². The van der Waals surface area contributed by atoms with Crippen molar-refractivity contribution in [3.05, 3.63) is 78.5 Å². The normalized spacial score (nSPS) is 14.0. The Kier molecular flexibility index (Phi) is 5.12. The number of nitrogens with zero attached hydrogens (tertiary/aromatic N) is 2. The summed E-state index contributed by atoms with van der Waals surface area (Å²) in [6, 6.07) is 21.5. The van der Waals surface area contributed by atoms with Crippen LogP contribution in [0.15, 0.2) is 72.9 Å². The zero-order valence-electron chi connectivity index (χ0n) is 15.0. The van der Waals surface area contributed by atoms with E-state index in [9.17, 15) is 4.79 Å². The number of rotatable bonds is 4. The van der Waals surface area contributed by atoms with Crippen LogP contribution in [0.25, 0.3) is 11.1 Å². The highest BCUT2D eigenvalue weighted by Crippen LogP contribution is 2.20. The van der Waals surface area contributed by atoms with Crippen LogP contribution < -0.4 is 10.2 Å². The maximum absolute atomic E-state index is 12.5. The van der Waals surface area contributed by atoms with Crippen molar-refractivity contribution in [2.45, 2.75) is 0 Å². The van der Waals surface area contributed by atoms with Crippen molar-refractivity contribution in [1.29, 1.82) is 0 Å². The minimum absolute atomic E-state index is 0.166. The summed E-state index contributed by atoms with van der Waals surface area (Å²) < 4.78 is 5.36. The van der Waals surface area contributed by atoms with E-state index in [2.05, 4.69) is 27.3 Å². The fraction of sp³-hybridized carbons (Fsp3) is 0.182. The number of pyridine rings is 1. The second kappa shape index (κ2) is 8.01. The van der Waals surface area contributed by atoms with Crippen molar-refractivity contribution < 1.29 is 9.53 Å². The number of morpholine rings is 1. The van der Waals surface area contributed by atoms with Gasteiger partial charge in [0.25, 0.3) is 5.91 Å². The number of aromatic nitrogens is 1. The second-order valence-electron chi connectivity index (χ2n) is 6.40. The first-order chi connectivity index (χ1) is 13.3. The maximum atomic E-state index is 12.5. The van der Waals surface area contributed by atoms with Gasteiger partial charge in [0.05, 0.1) is 25.1 Å². The van der Waals surface area contributed by atoms with E-state index >= 15 is 0 Å². The molecule has 1 aliphatic rings. The molecular weight excluding hydrogens is 338 g/mol. The zero-order valence-corrected chi connectivity index (χ0v) is 15.0. The van der Waals surface area contributed by atoms with Gasteiger partial charge in [-0.1, -0.05) is 42.5 Å². The highest BCUT2D eigenvalue weighted by molar-refractivity contribution is 6.04. The summed E-state index contributed by atoms with van der Waals surface area (Å²) in [7, 11) is 0. The molecule has 0 saturated carbocycles. The molecule has 2 heterocycles. The monoisotopic (exact) mass is 359 g/mol. The van der Waals surface area contributed by atoms with E-state index in [4.69, 9.17) is 4.74 Å². The standard InChI is InChI=1S/C22H21N3O2/c26-22(19-8-6-18(7-9-19)17-4-2-1-3-5-17)24-21-11-10-20(16-23-21)25-12-14-27-15-13-25/h1-11,16H,12-15H2,(H,23,24,26). The van der Waals surface area contributed by atoms with Crippen LogP contribution >= 0.6 is 0 Å². The van der Waals surface area contributed by atoms with Gasteiger partial charge in [-0.2, -0.15) is 0 Å². The molecule has 27 heavy (non-hydrogen) atoms. The molecule has 0 radical (unpaired) electrons. The van der Waals surface area contributed by atoms with E-state index < -0.39 is 0 Å². The molecule has 1 amide bonds. The predicted molar refractivity (Wildman–Crippen MR) is 107 cm³/mol. The Hall–Kier alpha value is -3.18. The Morgan fingerprint density at radius 3 is 2.26 bits per heavy atom. The summed E-state index contributed by atoms with van der Waals surface area (Å²) in [6.45, 7) is 3.19. The number of carbonyl (C=O) groups is 1.